The van der Waals surface area contributed by atoms with Gasteiger partial charge in [-0.3, -0.25) is 4.79 Å². The Morgan fingerprint density at radius 1 is 1.00 bits per heavy atom. The summed E-state index contributed by atoms with van der Waals surface area (Å²) in [6.07, 6.45) is 0. The van der Waals surface area contributed by atoms with E-state index in [1.807, 2.05) is 54.6 Å². The second-order valence-electron chi connectivity index (χ2n) is 6.10. The molecule has 2 aromatic heterocycles. The van der Waals surface area contributed by atoms with Gasteiger partial charge >= 0.3 is 0 Å². The molecule has 4 rings (SSSR count). The lowest BCUT2D eigenvalue weighted by atomic mass is 10.1. The third-order valence-electron chi connectivity index (χ3n) is 4.29. The highest BCUT2D eigenvalue weighted by Crippen LogP contribution is 2.24. The van der Waals surface area contributed by atoms with Crippen LogP contribution in [0, 0.1) is 0 Å². The van der Waals surface area contributed by atoms with E-state index < -0.39 is 0 Å². The van der Waals surface area contributed by atoms with Crippen LogP contribution in [0.4, 0.5) is 11.6 Å². The zero-order chi connectivity index (χ0) is 18.8. The summed E-state index contributed by atoms with van der Waals surface area (Å²) in [6, 6.07) is 20.9. The number of aromatic nitrogens is 3. The number of nitrogens with one attached hydrogen (secondary N) is 1. The third kappa shape index (κ3) is 3.37. The van der Waals surface area contributed by atoms with E-state index in [1.165, 1.54) is 0 Å². The van der Waals surface area contributed by atoms with Crippen LogP contribution in [-0.4, -0.2) is 27.5 Å². The van der Waals surface area contributed by atoms with Crippen LogP contribution >= 0.6 is 0 Å². The Hall–Kier alpha value is -3.67. The average Bonchev–Trinajstić information content (AvgIpc) is 3.11. The summed E-state index contributed by atoms with van der Waals surface area (Å²) in [5.41, 5.74) is 4.18. The summed E-state index contributed by atoms with van der Waals surface area (Å²) in [7, 11) is 1.65. The molecule has 0 bridgehead atoms. The minimum absolute atomic E-state index is 0.0385. The number of carbonyl (C=O) groups is 1. The second kappa shape index (κ2) is 6.92. The monoisotopic (exact) mass is 358 g/mol. The lowest BCUT2D eigenvalue weighted by Gasteiger charge is -2.05. The number of ketones is 1. The van der Waals surface area contributed by atoms with E-state index in [0.717, 1.165) is 28.3 Å². The van der Waals surface area contributed by atoms with Gasteiger partial charge in [0.2, 0.25) is 5.95 Å². The number of ether oxygens (including phenoxy) is 1. The Balaban J connectivity index is 1.66. The fourth-order valence-electron chi connectivity index (χ4n) is 2.86. The molecular formula is C21H18N4O2. The molecule has 6 heteroatoms. The molecule has 4 aromatic rings. The molecule has 2 aromatic carbocycles. The van der Waals surface area contributed by atoms with Gasteiger partial charge in [0.05, 0.1) is 12.8 Å². The Labute approximate surface area is 156 Å². The molecule has 0 radical (unpaired) electrons. The van der Waals surface area contributed by atoms with Gasteiger partial charge in [0, 0.05) is 16.8 Å². The standard InChI is InChI=1S/C21H18N4O2/c1-14(26)15-6-10-17(11-7-15)22-21-23-20-5-3-4-19(25(20)24-21)16-8-12-18(27-2)13-9-16/h3-13H,1-2H3,(H,22,24). The van der Waals surface area contributed by atoms with E-state index in [1.54, 1.807) is 30.7 Å². The molecule has 6 nitrogen and oxygen atoms in total. The van der Waals surface area contributed by atoms with Crippen LogP contribution in [0.3, 0.4) is 0 Å². The van der Waals surface area contributed by atoms with Crippen LogP contribution in [0.5, 0.6) is 5.75 Å². The van der Waals surface area contributed by atoms with Gasteiger partial charge in [-0.15, -0.1) is 5.10 Å². The largest absolute Gasteiger partial charge is 0.497 e. The molecule has 0 unspecified atom stereocenters. The number of benzene rings is 2. The molecule has 0 spiro atoms. The van der Waals surface area contributed by atoms with Crippen molar-refractivity contribution in [2.24, 2.45) is 0 Å². The van der Waals surface area contributed by atoms with E-state index in [-0.39, 0.29) is 5.78 Å². The number of carbonyl (C=O) groups excluding carboxylic acids is 1. The zero-order valence-corrected chi connectivity index (χ0v) is 15.0. The quantitative estimate of drug-likeness (QED) is 0.537. The molecular weight excluding hydrogens is 340 g/mol. The van der Waals surface area contributed by atoms with E-state index in [2.05, 4.69) is 15.4 Å². The van der Waals surface area contributed by atoms with Crippen molar-refractivity contribution in [2.75, 3.05) is 12.4 Å². The topological polar surface area (TPSA) is 68.5 Å². The number of hydrogen-bond acceptors (Lipinski definition) is 5. The summed E-state index contributed by atoms with van der Waals surface area (Å²) in [4.78, 5) is 15.9. The van der Waals surface area contributed by atoms with Crippen LogP contribution in [-0.2, 0) is 0 Å². The highest BCUT2D eigenvalue weighted by atomic mass is 16.5. The number of hydrogen-bond donors (Lipinski definition) is 1. The highest BCUT2D eigenvalue weighted by Gasteiger charge is 2.09. The van der Waals surface area contributed by atoms with E-state index in [0.29, 0.717) is 11.5 Å². The summed E-state index contributed by atoms with van der Waals surface area (Å²) < 4.78 is 7.02. The number of methoxy groups -OCH3 is 1. The summed E-state index contributed by atoms with van der Waals surface area (Å²) in [5, 5.41) is 7.76. The van der Waals surface area contributed by atoms with Crippen LogP contribution in [0.1, 0.15) is 17.3 Å². The van der Waals surface area contributed by atoms with Crippen molar-refractivity contribution in [1.29, 1.82) is 0 Å². The van der Waals surface area contributed by atoms with Gasteiger partial charge in [0.15, 0.2) is 11.4 Å². The first-order valence-corrected chi connectivity index (χ1v) is 8.52. The fourth-order valence-corrected chi connectivity index (χ4v) is 2.86. The number of rotatable bonds is 5. The minimum atomic E-state index is 0.0385. The van der Waals surface area contributed by atoms with Crippen molar-refractivity contribution in [3.63, 3.8) is 0 Å². The molecule has 27 heavy (non-hydrogen) atoms. The maximum Gasteiger partial charge on any atom is 0.247 e. The molecule has 0 atom stereocenters. The zero-order valence-electron chi connectivity index (χ0n) is 15.0. The number of anilines is 2. The smallest absolute Gasteiger partial charge is 0.247 e. The van der Waals surface area contributed by atoms with E-state index in [9.17, 15) is 4.79 Å². The maximum atomic E-state index is 11.4. The summed E-state index contributed by atoms with van der Waals surface area (Å²) in [5.74, 6) is 1.34. The number of nitrogens with zero attached hydrogens (tertiary/aromatic N) is 3. The van der Waals surface area contributed by atoms with Gasteiger partial charge in [-0.1, -0.05) is 6.07 Å². The normalized spacial score (nSPS) is 10.7. The second-order valence-corrected chi connectivity index (χ2v) is 6.10. The average molecular weight is 358 g/mol. The van der Waals surface area contributed by atoms with Crippen LogP contribution < -0.4 is 10.1 Å². The lowest BCUT2D eigenvalue weighted by molar-refractivity contribution is 0.101. The Morgan fingerprint density at radius 2 is 1.74 bits per heavy atom. The minimum Gasteiger partial charge on any atom is -0.497 e. The number of fused-ring (bicyclic) bond motifs is 1. The van der Waals surface area contributed by atoms with Crippen molar-refractivity contribution in [1.82, 2.24) is 14.6 Å². The van der Waals surface area contributed by atoms with Crippen molar-refractivity contribution >= 4 is 23.1 Å². The summed E-state index contributed by atoms with van der Waals surface area (Å²) >= 11 is 0. The molecule has 1 N–H and O–H groups in total. The van der Waals surface area contributed by atoms with Crippen molar-refractivity contribution in [2.45, 2.75) is 6.92 Å². The highest BCUT2D eigenvalue weighted by molar-refractivity contribution is 5.94. The Bertz CT molecular complexity index is 1100. The van der Waals surface area contributed by atoms with Crippen molar-refractivity contribution in [3.05, 3.63) is 72.3 Å². The summed E-state index contributed by atoms with van der Waals surface area (Å²) in [6.45, 7) is 1.55. The van der Waals surface area contributed by atoms with E-state index in [4.69, 9.17) is 4.74 Å². The first-order valence-electron chi connectivity index (χ1n) is 8.52. The van der Waals surface area contributed by atoms with E-state index >= 15 is 0 Å². The first-order chi connectivity index (χ1) is 13.1. The van der Waals surface area contributed by atoms with Crippen LogP contribution in [0.2, 0.25) is 0 Å². The van der Waals surface area contributed by atoms with Crippen LogP contribution in [0.15, 0.2) is 66.7 Å². The molecule has 0 aliphatic rings. The SMILES string of the molecule is COc1ccc(-c2cccc3nc(Nc4ccc(C(C)=O)cc4)nn23)cc1. The molecule has 0 fully saturated rings. The Kier molecular flexibility index (Phi) is 4.30. The molecule has 134 valence electrons. The van der Waals surface area contributed by atoms with Crippen LogP contribution in [0.25, 0.3) is 16.9 Å². The fraction of sp³-hybridized carbons (Fsp3) is 0.0952. The van der Waals surface area contributed by atoms with Crippen molar-refractivity contribution < 1.29 is 9.53 Å². The van der Waals surface area contributed by atoms with Gasteiger partial charge < -0.3 is 10.1 Å². The van der Waals surface area contributed by atoms with Crippen molar-refractivity contribution in [3.8, 4) is 17.0 Å². The molecule has 0 saturated heterocycles. The molecule has 2 heterocycles. The molecule has 0 aliphatic heterocycles. The molecule has 0 aliphatic carbocycles. The third-order valence-corrected chi connectivity index (χ3v) is 4.29. The van der Waals surface area contributed by atoms with Gasteiger partial charge in [-0.05, 0) is 67.6 Å². The number of Topliss-reactive ketones (excluding diaryl/α,β-unsaturated/α-hetero) is 1. The maximum absolute atomic E-state index is 11.4. The van der Waals surface area contributed by atoms with Gasteiger partial charge in [0.25, 0.3) is 0 Å². The predicted molar refractivity (Wildman–Crippen MR) is 105 cm³/mol. The lowest BCUT2D eigenvalue weighted by Crippen LogP contribution is -1.97. The van der Waals surface area contributed by atoms with Gasteiger partial charge in [-0.2, -0.15) is 4.98 Å². The molecule has 0 saturated carbocycles. The Morgan fingerprint density at radius 3 is 2.41 bits per heavy atom. The predicted octanol–water partition coefficient (Wildman–Crippen LogP) is 4.35. The molecule has 0 amide bonds. The first kappa shape index (κ1) is 16.8. The van der Waals surface area contributed by atoms with Gasteiger partial charge in [0.1, 0.15) is 5.75 Å². The van der Waals surface area contributed by atoms with Gasteiger partial charge in [-0.25, -0.2) is 4.52 Å². The number of pyridine rings is 1.